The molecule has 0 spiro atoms. The van der Waals surface area contributed by atoms with Crippen LogP contribution in [-0.4, -0.2) is 25.6 Å². The van der Waals surface area contributed by atoms with Gasteiger partial charge >= 0.3 is 0 Å². The lowest BCUT2D eigenvalue weighted by Gasteiger charge is -2.19. The summed E-state index contributed by atoms with van der Waals surface area (Å²) >= 11 is 0. The Hall–Kier alpha value is -2.12. The van der Waals surface area contributed by atoms with Gasteiger partial charge in [-0.05, 0) is 57.9 Å². The van der Waals surface area contributed by atoms with Crippen LogP contribution < -0.4 is 10.0 Å². The summed E-state index contributed by atoms with van der Waals surface area (Å²) in [5.41, 5.74) is 1.60. The third kappa shape index (κ3) is 5.71. The fraction of sp³-hybridized carbons (Fsp3) is 0.421. The van der Waals surface area contributed by atoms with Crippen molar-refractivity contribution in [1.29, 1.82) is 0 Å². The lowest BCUT2D eigenvalue weighted by molar-refractivity contribution is -0.116. The Morgan fingerprint density at radius 2 is 1.88 bits per heavy atom. The molecular weight excluding hydrogens is 352 g/mol. The summed E-state index contributed by atoms with van der Waals surface area (Å²) in [6, 6.07) is 11.1. The number of hydrogen-bond acceptors (Lipinski definition) is 4. The molecule has 0 bridgehead atoms. The molecule has 1 amide bonds. The van der Waals surface area contributed by atoms with E-state index in [-0.39, 0.29) is 5.91 Å². The van der Waals surface area contributed by atoms with Crippen molar-refractivity contribution in [3.05, 3.63) is 42.7 Å². The number of amides is 1. The van der Waals surface area contributed by atoms with Crippen molar-refractivity contribution in [1.82, 2.24) is 4.72 Å². The van der Waals surface area contributed by atoms with Crippen molar-refractivity contribution in [3.8, 4) is 11.3 Å². The first-order valence-corrected chi connectivity index (χ1v) is 10.1. The molecule has 0 aliphatic heterocycles. The topological polar surface area (TPSA) is 88.4 Å². The van der Waals surface area contributed by atoms with Gasteiger partial charge in [0.15, 0.2) is 0 Å². The first-order valence-electron chi connectivity index (χ1n) is 8.62. The number of nitrogens with one attached hydrogen (secondary N) is 2. The number of furan rings is 1. The van der Waals surface area contributed by atoms with Gasteiger partial charge in [-0.1, -0.05) is 12.1 Å². The average molecular weight is 378 g/mol. The number of unbranched alkanes of at least 4 members (excludes halogenated alkanes) is 1. The summed E-state index contributed by atoms with van der Waals surface area (Å²) < 4.78 is 30.9. The van der Waals surface area contributed by atoms with Gasteiger partial charge in [0.2, 0.25) is 15.9 Å². The van der Waals surface area contributed by atoms with Crippen LogP contribution >= 0.6 is 0 Å². The van der Waals surface area contributed by atoms with E-state index in [1.54, 1.807) is 27.0 Å². The highest BCUT2D eigenvalue weighted by atomic mass is 32.2. The Morgan fingerprint density at radius 1 is 1.12 bits per heavy atom. The smallest absolute Gasteiger partial charge is 0.224 e. The number of benzene rings is 1. The van der Waals surface area contributed by atoms with Gasteiger partial charge in [0.05, 0.1) is 11.0 Å². The molecule has 1 aromatic heterocycles. The predicted molar refractivity (Wildman–Crippen MR) is 103 cm³/mol. The van der Waals surface area contributed by atoms with Crippen molar-refractivity contribution in [2.45, 2.75) is 44.8 Å². The van der Waals surface area contributed by atoms with Crippen LogP contribution in [0.4, 0.5) is 5.69 Å². The predicted octanol–water partition coefficient (Wildman–Crippen LogP) is 3.77. The number of anilines is 1. The molecule has 0 aliphatic carbocycles. The molecule has 2 aromatic rings. The van der Waals surface area contributed by atoms with Gasteiger partial charge in [-0.2, -0.15) is 0 Å². The molecule has 26 heavy (non-hydrogen) atoms. The summed E-state index contributed by atoms with van der Waals surface area (Å²) in [5.74, 6) is 0.646. The second kappa shape index (κ2) is 8.51. The Balaban J connectivity index is 1.75. The van der Waals surface area contributed by atoms with Gasteiger partial charge in [-0.3, -0.25) is 4.79 Å². The van der Waals surface area contributed by atoms with Crippen LogP contribution in [0, 0.1) is 0 Å². The molecule has 0 unspecified atom stereocenters. The van der Waals surface area contributed by atoms with Crippen molar-refractivity contribution in [2.24, 2.45) is 0 Å². The fourth-order valence-corrected chi connectivity index (χ4v) is 3.10. The summed E-state index contributed by atoms with van der Waals surface area (Å²) in [5, 5.41) is 2.86. The van der Waals surface area contributed by atoms with E-state index in [2.05, 4.69) is 10.0 Å². The molecule has 2 N–H and O–H groups in total. The van der Waals surface area contributed by atoms with E-state index in [0.29, 0.717) is 31.5 Å². The standard InChI is InChI=1S/C19H26N2O4S/c1-19(2,3)26(23,24)20-12-5-4-11-18(22)21-16-9-6-8-15(14-16)17-10-7-13-25-17/h6-10,13-14,20H,4-5,11-12H2,1-3H3,(H,21,22). The van der Waals surface area contributed by atoms with Gasteiger partial charge in [0, 0.05) is 24.2 Å². The maximum absolute atomic E-state index is 12.1. The molecule has 0 atom stereocenters. The summed E-state index contributed by atoms with van der Waals surface area (Å²) in [4.78, 5) is 12.1. The molecule has 142 valence electrons. The molecule has 1 heterocycles. The van der Waals surface area contributed by atoms with Crippen LogP contribution in [-0.2, 0) is 14.8 Å². The molecule has 6 nitrogen and oxygen atoms in total. The summed E-state index contributed by atoms with van der Waals surface area (Å²) in [6.45, 7) is 5.29. The van der Waals surface area contributed by atoms with Gasteiger partial charge in [-0.15, -0.1) is 0 Å². The van der Waals surface area contributed by atoms with Gasteiger partial charge < -0.3 is 9.73 Å². The van der Waals surface area contributed by atoms with E-state index in [4.69, 9.17) is 4.42 Å². The van der Waals surface area contributed by atoms with Gasteiger partial charge in [0.25, 0.3) is 0 Å². The van der Waals surface area contributed by atoms with Gasteiger partial charge in [0.1, 0.15) is 5.76 Å². The molecule has 0 radical (unpaired) electrons. The van der Waals surface area contributed by atoms with Crippen molar-refractivity contribution < 1.29 is 17.6 Å². The highest BCUT2D eigenvalue weighted by molar-refractivity contribution is 7.90. The van der Waals surface area contributed by atoms with Crippen LogP contribution in [0.15, 0.2) is 47.1 Å². The SMILES string of the molecule is CC(C)(C)S(=O)(=O)NCCCCC(=O)Nc1cccc(-c2ccco2)c1. The monoisotopic (exact) mass is 378 g/mol. The van der Waals surface area contributed by atoms with E-state index < -0.39 is 14.8 Å². The highest BCUT2D eigenvalue weighted by Crippen LogP contribution is 2.23. The first-order chi connectivity index (χ1) is 12.2. The van der Waals surface area contributed by atoms with E-state index in [1.807, 2.05) is 36.4 Å². The normalized spacial score (nSPS) is 12.1. The maximum Gasteiger partial charge on any atom is 0.224 e. The Morgan fingerprint density at radius 3 is 2.54 bits per heavy atom. The molecule has 7 heteroatoms. The van der Waals surface area contributed by atoms with Gasteiger partial charge in [-0.25, -0.2) is 13.1 Å². The second-order valence-corrected chi connectivity index (χ2v) is 9.59. The molecule has 1 aromatic carbocycles. The van der Waals surface area contributed by atoms with Crippen LogP contribution in [0.3, 0.4) is 0 Å². The largest absolute Gasteiger partial charge is 0.464 e. The van der Waals surface area contributed by atoms with Crippen LogP contribution in [0.1, 0.15) is 40.0 Å². The first kappa shape index (κ1) is 20.2. The second-order valence-electron chi connectivity index (χ2n) is 7.07. The summed E-state index contributed by atoms with van der Waals surface area (Å²) in [6.07, 6.45) is 3.16. The number of carbonyl (C=O) groups is 1. The van der Waals surface area contributed by atoms with Crippen molar-refractivity contribution in [2.75, 3.05) is 11.9 Å². The lowest BCUT2D eigenvalue weighted by Crippen LogP contribution is -2.39. The maximum atomic E-state index is 12.1. The molecular formula is C19H26N2O4S. The minimum absolute atomic E-state index is 0.0970. The number of rotatable bonds is 8. The Bertz CT molecular complexity index is 821. The highest BCUT2D eigenvalue weighted by Gasteiger charge is 2.27. The molecule has 2 rings (SSSR count). The van der Waals surface area contributed by atoms with Crippen molar-refractivity contribution >= 4 is 21.6 Å². The van der Waals surface area contributed by atoms with E-state index in [0.717, 1.165) is 11.3 Å². The minimum Gasteiger partial charge on any atom is -0.464 e. The minimum atomic E-state index is -3.33. The zero-order valence-corrected chi connectivity index (χ0v) is 16.2. The van der Waals surface area contributed by atoms with E-state index >= 15 is 0 Å². The Kier molecular flexibility index (Phi) is 6.61. The zero-order chi connectivity index (χ0) is 19.2. The number of hydrogen-bond donors (Lipinski definition) is 2. The zero-order valence-electron chi connectivity index (χ0n) is 15.4. The van der Waals surface area contributed by atoms with E-state index in [9.17, 15) is 13.2 Å². The third-order valence-corrected chi connectivity index (χ3v) is 6.08. The third-order valence-electron chi connectivity index (χ3n) is 3.88. The lowest BCUT2D eigenvalue weighted by atomic mass is 10.1. The average Bonchev–Trinajstić information content (AvgIpc) is 3.08. The van der Waals surface area contributed by atoms with Crippen LogP contribution in [0.2, 0.25) is 0 Å². The molecule has 0 saturated heterocycles. The molecule has 0 fully saturated rings. The molecule has 0 saturated carbocycles. The van der Waals surface area contributed by atoms with Crippen molar-refractivity contribution in [3.63, 3.8) is 0 Å². The summed E-state index contributed by atoms with van der Waals surface area (Å²) in [7, 11) is -3.33. The molecule has 0 aliphatic rings. The van der Waals surface area contributed by atoms with Crippen LogP contribution in [0.5, 0.6) is 0 Å². The number of carbonyl (C=O) groups excluding carboxylic acids is 1. The van der Waals surface area contributed by atoms with E-state index in [1.165, 1.54) is 0 Å². The Labute approximate surface area is 155 Å². The number of sulfonamides is 1. The quantitative estimate of drug-likeness (QED) is 0.684. The van der Waals surface area contributed by atoms with Crippen LogP contribution in [0.25, 0.3) is 11.3 Å². The fourth-order valence-electron chi connectivity index (χ4n) is 2.25.